The van der Waals surface area contributed by atoms with E-state index in [0.29, 0.717) is 10.8 Å². The van der Waals surface area contributed by atoms with Gasteiger partial charge in [0.1, 0.15) is 0 Å². The van der Waals surface area contributed by atoms with Gasteiger partial charge in [0.25, 0.3) is 0 Å². The SMILES string of the molecule is CC1(C)CC[C@H](C(C)(C)C)C1. The summed E-state index contributed by atoms with van der Waals surface area (Å²) in [7, 11) is 0. The zero-order chi connectivity index (χ0) is 8.70. The van der Waals surface area contributed by atoms with Crippen molar-refractivity contribution in [3.63, 3.8) is 0 Å². The molecule has 0 unspecified atom stereocenters. The minimum Gasteiger partial charge on any atom is -0.0599 e. The predicted molar refractivity (Wildman–Crippen MR) is 50.6 cm³/mol. The molecule has 0 radical (unpaired) electrons. The molecule has 0 amide bonds. The van der Waals surface area contributed by atoms with Crippen molar-refractivity contribution < 1.29 is 0 Å². The summed E-state index contributed by atoms with van der Waals surface area (Å²) in [5.74, 6) is 0.956. The molecule has 0 nitrogen and oxygen atoms in total. The van der Waals surface area contributed by atoms with Crippen molar-refractivity contribution in [2.24, 2.45) is 16.7 Å². The molecule has 0 heteroatoms. The molecule has 0 aromatic heterocycles. The largest absolute Gasteiger partial charge is 0.0599 e. The lowest BCUT2D eigenvalue weighted by Gasteiger charge is -2.28. The highest BCUT2D eigenvalue weighted by Gasteiger charge is 2.36. The fourth-order valence-corrected chi connectivity index (χ4v) is 2.18. The molecule has 0 aromatic carbocycles. The minimum atomic E-state index is 0.535. The monoisotopic (exact) mass is 154 g/mol. The fourth-order valence-electron chi connectivity index (χ4n) is 2.18. The van der Waals surface area contributed by atoms with Crippen LogP contribution in [0.2, 0.25) is 0 Å². The molecule has 0 N–H and O–H groups in total. The average Bonchev–Trinajstić information content (AvgIpc) is 2.07. The zero-order valence-corrected chi connectivity index (χ0v) is 8.70. The van der Waals surface area contributed by atoms with Crippen LogP contribution in [0.4, 0.5) is 0 Å². The molecule has 1 atom stereocenters. The van der Waals surface area contributed by atoms with E-state index < -0.39 is 0 Å². The lowest BCUT2D eigenvalue weighted by atomic mass is 9.78. The van der Waals surface area contributed by atoms with Crippen LogP contribution in [-0.4, -0.2) is 0 Å². The molecule has 0 saturated heterocycles. The molecule has 66 valence electrons. The van der Waals surface area contributed by atoms with Crippen LogP contribution >= 0.6 is 0 Å². The Balaban J connectivity index is 2.55. The maximum atomic E-state index is 2.40. The average molecular weight is 154 g/mol. The lowest BCUT2D eigenvalue weighted by Crippen LogP contribution is -2.18. The number of rotatable bonds is 0. The molecule has 1 rings (SSSR count). The molecule has 1 aliphatic carbocycles. The third-order valence-electron chi connectivity index (χ3n) is 3.19. The summed E-state index contributed by atoms with van der Waals surface area (Å²) in [5, 5.41) is 0. The molecule has 1 aliphatic rings. The van der Waals surface area contributed by atoms with E-state index in [0.717, 1.165) is 5.92 Å². The van der Waals surface area contributed by atoms with Crippen LogP contribution in [0.25, 0.3) is 0 Å². The molecule has 0 aliphatic heterocycles. The van der Waals surface area contributed by atoms with Gasteiger partial charge >= 0.3 is 0 Å². The van der Waals surface area contributed by atoms with E-state index in [-0.39, 0.29) is 0 Å². The van der Waals surface area contributed by atoms with E-state index in [1.807, 2.05) is 0 Å². The first-order valence-electron chi connectivity index (χ1n) is 4.81. The summed E-state index contributed by atoms with van der Waals surface area (Å²) in [4.78, 5) is 0. The summed E-state index contributed by atoms with van der Waals surface area (Å²) < 4.78 is 0. The quantitative estimate of drug-likeness (QED) is 0.497. The second-order valence-electron chi connectivity index (χ2n) is 5.97. The van der Waals surface area contributed by atoms with E-state index in [2.05, 4.69) is 34.6 Å². The van der Waals surface area contributed by atoms with Crippen LogP contribution < -0.4 is 0 Å². The van der Waals surface area contributed by atoms with E-state index in [9.17, 15) is 0 Å². The van der Waals surface area contributed by atoms with Crippen molar-refractivity contribution in [3.8, 4) is 0 Å². The molecule has 0 heterocycles. The van der Waals surface area contributed by atoms with Gasteiger partial charge in [0.05, 0.1) is 0 Å². The number of hydrogen-bond donors (Lipinski definition) is 0. The number of hydrogen-bond acceptors (Lipinski definition) is 0. The molecule has 0 bridgehead atoms. The van der Waals surface area contributed by atoms with E-state index >= 15 is 0 Å². The highest BCUT2D eigenvalue weighted by atomic mass is 14.4. The third kappa shape index (κ3) is 2.21. The predicted octanol–water partition coefficient (Wildman–Crippen LogP) is 3.86. The Morgan fingerprint density at radius 3 is 1.91 bits per heavy atom. The summed E-state index contributed by atoms with van der Waals surface area (Å²) in [6.45, 7) is 11.9. The van der Waals surface area contributed by atoms with Crippen molar-refractivity contribution in [3.05, 3.63) is 0 Å². The smallest absolute Gasteiger partial charge is 0.0351 e. The van der Waals surface area contributed by atoms with Crippen molar-refractivity contribution >= 4 is 0 Å². The van der Waals surface area contributed by atoms with Crippen LogP contribution in [-0.2, 0) is 0 Å². The first kappa shape index (κ1) is 9.09. The Bertz CT molecular complexity index is 137. The zero-order valence-electron chi connectivity index (χ0n) is 8.70. The Hall–Kier alpha value is 0. The van der Waals surface area contributed by atoms with Crippen molar-refractivity contribution in [2.75, 3.05) is 0 Å². The van der Waals surface area contributed by atoms with Crippen LogP contribution in [0.1, 0.15) is 53.9 Å². The van der Waals surface area contributed by atoms with Gasteiger partial charge in [-0.3, -0.25) is 0 Å². The van der Waals surface area contributed by atoms with Gasteiger partial charge in [0.2, 0.25) is 0 Å². The Morgan fingerprint density at radius 1 is 1.18 bits per heavy atom. The van der Waals surface area contributed by atoms with Gasteiger partial charge in [-0.25, -0.2) is 0 Å². The molecule has 0 aromatic rings. The topological polar surface area (TPSA) is 0 Å². The van der Waals surface area contributed by atoms with Gasteiger partial charge in [-0.2, -0.15) is 0 Å². The standard InChI is InChI=1S/C11H22/c1-10(2,3)9-6-7-11(4,5)8-9/h9H,6-8H2,1-5H3/t9-/m0/s1. The Kier molecular flexibility index (Phi) is 2.07. The van der Waals surface area contributed by atoms with Crippen LogP contribution in [0.3, 0.4) is 0 Å². The summed E-state index contributed by atoms with van der Waals surface area (Å²) in [5.41, 5.74) is 1.16. The second kappa shape index (κ2) is 2.50. The summed E-state index contributed by atoms with van der Waals surface area (Å²) in [6.07, 6.45) is 4.29. The van der Waals surface area contributed by atoms with Crippen LogP contribution in [0.5, 0.6) is 0 Å². The van der Waals surface area contributed by atoms with Crippen molar-refractivity contribution in [1.29, 1.82) is 0 Å². The first-order chi connectivity index (χ1) is 4.81. The van der Waals surface area contributed by atoms with E-state index in [1.165, 1.54) is 19.3 Å². The van der Waals surface area contributed by atoms with Crippen LogP contribution in [0.15, 0.2) is 0 Å². The van der Waals surface area contributed by atoms with Crippen molar-refractivity contribution in [2.45, 2.75) is 53.9 Å². The van der Waals surface area contributed by atoms with E-state index in [4.69, 9.17) is 0 Å². The highest BCUT2D eigenvalue weighted by Crippen LogP contribution is 2.48. The second-order valence-corrected chi connectivity index (χ2v) is 5.97. The molecule has 1 saturated carbocycles. The third-order valence-corrected chi connectivity index (χ3v) is 3.19. The van der Waals surface area contributed by atoms with Gasteiger partial charge in [-0.1, -0.05) is 34.6 Å². The van der Waals surface area contributed by atoms with E-state index in [1.54, 1.807) is 0 Å². The normalized spacial score (nSPS) is 30.8. The molecule has 0 spiro atoms. The van der Waals surface area contributed by atoms with Gasteiger partial charge in [-0.15, -0.1) is 0 Å². The highest BCUT2D eigenvalue weighted by molar-refractivity contribution is 4.87. The fraction of sp³-hybridized carbons (Fsp3) is 1.00. The van der Waals surface area contributed by atoms with Gasteiger partial charge < -0.3 is 0 Å². The summed E-state index contributed by atoms with van der Waals surface area (Å²) >= 11 is 0. The van der Waals surface area contributed by atoms with Crippen molar-refractivity contribution in [1.82, 2.24) is 0 Å². The first-order valence-corrected chi connectivity index (χ1v) is 4.81. The molecule has 1 fully saturated rings. The minimum absolute atomic E-state index is 0.535. The Labute approximate surface area is 71.4 Å². The Morgan fingerprint density at radius 2 is 1.73 bits per heavy atom. The maximum Gasteiger partial charge on any atom is -0.0351 e. The van der Waals surface area contributed by atoms with Gasteiger partial charge in [0.15, 0.2) is 0 Å². The maximum absolute atomic E-state index is 2.40. The molecular formula is C11H22. The van der Waals surface area contributed by atoms with Gasteiger partial charge in [0, 0.05) is 0 Å². The molecular weight excluding hydrogens is 132 g/mol. The van der Waals surface area contributed by atoms with Gasteiger partial charge in [-0.05, 0) is 36.0 Å². The molecule has 11 heavy (non-hydrogen) atoms. The van der Waals surface area contributed by atoms with Crippen LogP contribution in [0, 0.1) is 16.7 Å². The summed E-state index contributed by atoms with van der Waals surface area (Å²) in [6, 6.07) is 0. The lowest BCUT2D eigenvalue weighted by molar-refractivity contribution is 0.223.